The van der Waals surface area contributed by atoms with Crippen LogP contribution in [-0.4, -0.2) is 47.6 Å². The lowest BCUT2D eigenvalue weighted by Crippen LogP contribution is -2.37. The second-order valence-electron chi connectivity index (χ2n) is 4.46. The molecular formula is C12H19ClN4O2. The van der Waals surface area contributed by atoms with Gasteiger partial charge < -0.3 is 14.4 Å². The molecule has 7 heteroatoms. The zero-order valence-corrected chi connectivity index (χ0v) is 12.1. The van der Waals surface area contributed by atoms with Gasteiger partial charge in [-0.1, -0.05) is 12.8 Å². The van der Waals surface area contributed by atoms with Crippen LogP contribution in [0.5, 0.6) is 12.0 Å². The van der Waals surface area contributed by atoms with Crippen LogP contribution in [0.25, 0.3) is 0 Å². The lowest BCUT2D eigenvalue weighted by molar-refractivity contribution is 0.339. The number of aromatic nitrogens is 3. The van der Waals surface area contributed by atoms with Crippen LogP contribution in [0.3, 0.4) is 0 Å². The van der Waals surface area contributed by atoms with Crippen LogP contribution in [-0.2, 0) is 0 Å². The molecule has 1 aromatic heterocycles. The van der Waals surface area contributed by atoms with Crippen molar-refractivity contribution in [2.75, 3.05) is 31.5 Å². The first kappa shape index (κ1) is 14.1. The topological polar surface area (TPSA) is 60.4 Å². The van der Waals surface area contributed by atoms with Crippen molar-refractivity contribution >= 4 is 17.5 Å². The van der Waals surface area contributed by atoms with Crippen LogP contribution in [0, 0.1) is 0 Å². The van der Waals surface area contributed by atoms with E-state index in [1.165, 1.54) is 27.1 Å². The molecule has 0 spiro atoms. The Morgan fingerprint density at radius 2 is 1.79 bits per heavy atom. The van der Waals surface area contributed by atoms with E-state index in [0.717, 1.165) is 19.4 Å². The van der Waals surface area contributed by atoms with Gasteiger partial charge in [0.05, 0.1) is 14.2 Å². The van der Waals surface area contributed by atoms with Gasteiger partial charge in [0.2, 0.25) is 5.95 Å². The monoisotopic (exact) mass is 286 g/mol. The molecule has 1 atom stereocenters. The summed E-state index contributed by atoms with van der Waals surface area (Å²) in [5.74, 6) is 1.15. The standard InChI is InChI=1S/C12H19ClN4O2/c1-18-11-14-10(15-12(16-11)19-2)17-7-5-3-4-6-9(17)8-13/h9H,3-8H2,1-2H3. The number of rotatable bonds is 4. The first-order chi connectivity index (χ1) is 9.28. The third kappa shape index (κ3) is 3.37. The van der Waals surface area contributed by atoms with Crippen LogP contribution in [0.15, 0.2) is 0 Å². The molecule has 0 N–H and O–H groups in total. The van der Waals surface area contributed by atoms with Crippen molar-refractivity contribution < 1.29 is 9.47 Å². The molecule has 19 heavy (non-hydrogen) atoms. The smallest absolute Gasteiger partial charge is 0.324 e. The molecule has 0 bridgehead atoms. The van der Waals surface area contributed by atoms with E-state index < -0.39 is 0 Å². The lowest BCUT2D eigenvalue weighted by Gasteiger charge is -2.28. The minimum Gasteiger partial charge on any atom is -0.467 e. The van der Waals surface area contributed by atoms with E-state index in [-0.39, 0.29) is 18.1 Å². The van der Waals surface area contributed by atoms with Crippen molar-refractivity contribution in [2.24, 2.45) is 0 Å². The van der Waals surface area contributed by atoms with Crippen molar-refractivity contribution in [3.8, 4) is 12.0 Å². The Labute approximate surface area is 118 Å². The Morgan fingerprint density at radius 1 is 1.11 bits per heavy atom. The van der Waals surface area contributed by atoms with Gasteiger partial charge in [-0.2, -0.15) is 9.97 Å². The van der Waals surface area contributed by atoms with Crippen LogP contribution in [0.4, 0.5) is 5.95 Å². The average Bonchev–Trinajstić information content (AvgIpc) is 2.71. The van der Waals surface area contributed by atoms with E-state index in [4.69, 9.17) is 21.1 Å². The van der Waals surface area contributed by atoms with Crippen LogP contribution in [0.2, 0.25) is 0 Å². The van der Waals surface area contributed by atoms with Gasteiger partial charge in [0.1, 0.15) is 0 Å². The number of alkyl halides is 1. The summed E-state index contributed by atoms with van der Waals surface area (Å²) >= 11 is 6.07. The molecule has 2 rings (SSSR count). The maximum Gasteiger partial charge on any atom is 0.324 e. The number of nitrogens with zero attached hydrogens (tertiary/aromatic N) is 4. The fourth-order valence-electron chi connectivity index (χ4n) is 2.24. The van der Waals surface area contributed by atoms with Crippen LogP contribution in [0.1, 0.15) is 25.7 Å². The zero-order chi connectivity index (χ0) is 13.7. The Morgan fingerprint density at radius 3 is 2.37 bits per heavy atom. The van der Waals surface area contributed by atoms with Crippen LogP contribution < -0.4 is 14.4 Å². The van der Waals surface area contributed by atoms with Crippen molar-refractivity contribution in [2.45, 2.75) is 31.7 Å². The van der Waals surface area contributed by atoms with E-state index in [0.29, 0.717) is 11.8 Å². The Hall–Kier alpha value is -1.30. The fourth-order valence-corrected chi connectivity index (χ4v) is 2.56. The highest BCUT2D eigenvalue weighted by Gasteiger charge is 2.24. The SMILES string of the molecule is COc1nc(OC)nc(N2CCCCCC2CCl)n1. The first-order valence-corrected chi connectivity index (χ1v) is 6.98. The quantitative estimate of drug-likeness (QED) is 0.788. The molecule has 0 saturated carbocycles. The number of anilines is 1. The molecule has 2 heterocycles. The molecule has 106 valence electrons. The maximum absolute atomic E-state index is 6.07. The number of hydrogen-bond donors (Lipinski definition) is 0. The minimum absolute atomic E-state index is 0.251. The van der Waals surface area contributed by atoms with Gasteiger partial charge in [-0.15, -0.1) is 16.6 Å². The van der Waals surface area contributed by atoms with Crippen molar-refractivity contribution in [3.63, 3.8) is 0 Å². The summed E-state index contributed by atoms with van der Waals surface area (Å²) in [6, 6.07) is 0.778. The second kappa shape index (κ2) is 6.75. The molecule has 1 aliphatic rings. The van der Waals surface area contributed by atoms with Crippen molar-refractivity contribution in [3.05, 3.63) is 0 Å². The highest BCUT2D eigenvalue weighted by Crippen LogP contribution is 2.24. The van der Waals surface area contributed by atoms with Gasteiger partial charge in [-0.05, 0) is 12.8 Å². The highest BCUT2D eigenvalue weighted by molar-refractivity contribution is 6.18. The molecule has 1 aromatic rings. The van der Waals surface area contributed by atoms with E-state index in [9.17, 15) is 0 Å². The largest absolute Gasteiger partial charge is 0.467 e. The molecule has 0 aromatic carbocycles. The van der Waals surface area contributed by atoms with Crippen molar-refractivity contribution in [1.82, 2.24) is 15.0 Å². The van der Waals surface area contributed by atoms with Gasteiger partial charge in [-0.3, -0.25) is 0 Å². The van der Waals surface area contributed by atoms with Crippen molar-refractivity contribution in [1.29, 1.82) is 0 Å². The molecule has 1 aliphatic heterocycles. The molecule has 0 aliphatic carbocycles. The highest BCUT2D eigenvalue weighted by atomic mass is 35.5. The van der Waals surface area contributed by atoms with E-state index in [1.54, 1.807) is 0 Å². The Bertz CT molecular complexity index is 396. The minimum atomic E-state index is 0.251. The molecular weight excluding hydrogens is 268 g/mol. The molecule has 1 fully saturated rings. The van der Waals surface area contributed by atoms with E-state index >= 15 is 0 Å². The summed E-state index contributed by atoms with van der Waals surface area (Å²) in [7, 11) is 3.06. The summed E-state index contributed by atoms with van der Waals surface area (Å²) in [6.07, 6.45) is 4.57. The van der Waals surface area contributed by atoms with Gasteiger partial charge in [0.25, 0.3) is 0 Å². The predicted molar refractivity (Wildman–Crippen MR) is 73.3 cm³/mol. The third-order valence-corrected chi connectivity index (χ3v) is 3.62. The molecule has 1 unspecified atom stereocenters. The van der Waals surface area contributed by atoms with Gasteiger partial charge in [-0.25, -0.2) is 0 Å². The summed E-state index contributed by atoms with van der Waals surface area (Å²) in [4.78, 5) is 14.8. The molecule has 0 radical (unpaired) electrons. The molecule has 6 nitrogen and oxygen atoms in total. The third-order valence-electron chi connectivity index (χ3n) is 3.26. The normalized spacial score (nSPS) is 19.9. The van der Waals surface area contributed by atoms with E-state index in [2.05, 4.69) is 19.9 Å². The summed E-state index contributed by atoms with van der Waals surface area (Å²) in [5, 5.41) is 0. The summed E-state index contributed by atoms with van der Waals surface area (Å²) in [6.45, 7) is 0.897. The predicted octanol–water partition coefficient (Wildman–Crippen LogP) is 1.88. The van der Waals surface area contributed by atoms with Gasteiger partial charge in [0.15, 0.2) is 0 Å². The van der Waals surface area contributed by atoms with E-state index in [1.807, 2.05) is 0 Å². The second-order valence-corrected chi connectivity index (χ2v) is 4.77. The maximum atomic E-state index is 6.07. The zero-order valence-electron chi connectivity index (χ0n) is 11.3. The molecule has 0 amide bonds. The van der Waals surface area contributed by atoms with Gasteiger partial charge in [0, 0.05) is 18.5 Å². The first-order valence-electron chi connectivity index (χ1n) is 6.45. The fraction of sp³-hybridized carbons (Fsp3) is 0.750. The molecule has 1 saturated heterocycles. The van der Waals surface area contributed by atoms with Crippen LogP contribution >= 0.6 is 11.6 Å². The number of methoxy groups -OCH3 is 2. The Balaban J connectivity index is 2.31. The number of halogens is 1. The summed E-state index contributed by atoms with van der Waals surface area (Å²) in [5.41, 5.74) is 0. The number of hydrogen-bond acceptors (Lipinski definition) is 6. The Kier molecular flexibility index (Phi) is 5.01. The number of ether oxygens (including phenoxy) is 2. The average molecular weight is 287 g/mol. The lowest BCUT2D eigenvalue weighted by atomic mass is 10.1. The van der Waals surface area contributed by atoms with Gasteiger partial charge >= 0.3 is 12.0 Å². The summed E-state index contributed by atoms with van der Waals surface area (Å²) < 4.78 is 10.2.